The first-order valence-electron chi connectivity index (χ1n) is 5.02. The molecule has 78 valence electrons. The van der Waals surface area contributed by atoms with Gasteiger partial charge < -0.3 is 5.73 Å². The molecule has 1 nitrogen and oxygen atoms in total. The lowest BCUT2D eigenvalue weighted by Crippen LogP contribution is -2.03. The minimum atomic E-state index is 0.502. The highest BCUT2D eigenvalue weighted by Crippen LogP contribution is 2.31. The smallest absolute Gasteiger partial charge is 0.0385 e. The molecule has 0 amide bonds. The summed E-state index contributed by atoms with van der Waals surface area (Å²) < 4.78 is 1.28. The molecule has 2 heteroatoms. The van der Waals surface area contributed by atoms with Crippen LogP contribution in [0, 0.1) is 3.57 Å². The Morgan fingerprint density at radius 3 is 1.64 bits per heavy atom. The van der Waals surface area contributed by atoms with E-state index in [9.17, 15) is 0 Å². The molecular formula is C12H18IN. The van der Waals surface area contributed by atoms with Crippen LogP contribution in [0.4, 0.5) is 5.69 Å². The molecule has 0 saturated heterocycles. The van der Waals surface area contributed by atoms with Crippen LogP contribution in [-0.2, 0) is 0 Å². The Bertz CT molecular complexity index is 300. The van der Waals surface area contributed by atoms with E-state index in [1.165, 1.54) is 14.7 Å². The monoisotopic (exact) mass is 303 g/mol. The highest BCUT2D eigenvalue weighted by Gasteiger charge is 2.12. The quantitative estimate of drug-likeness (QED) is 0.645. The summed E-state index contributed by atoms with van der Waals surface area (Å²) in [6, 6.07) is 4.37. The fourth-order valence-electron chi connectivity index (χ4n) is 1.62. The summed E-state index contributed by atoms with van der Waals surface area (Å²) in [4.78, 5) is 0. The largest absolute Gasteiger partial charge is 0.398 e. The molecule has 14 heavy (non-hydrogen) atoms. The molecule has 0 aliphatic rings. The molecule has 0 unspecified atom stereocenters. The van der Waals surface area contributed by atoms with Crippen LogP contribution in [0.15, 0.2) is 12.1 Å². The Morgan fingerprint density at radius 2 is 1.36 bits per heavy atom. The molecule has 0 saturated carbocycles. The van der Waals surface area contributed by atoms with Crippen molar-refractivity contribution in [1.82, 2.24) is 0 Å². The predicted octanol–water partition coefficient (Wildman–Crippen LogP) is 4.12. The minimum absolute atomic E-state index is 0.502. The zero-order valence-electron chi connectivity index (χ0n) is 9.26. The number of halogens is 1. The summed E-state index contributed by atoms with van der Waals surface area (Å²) in [5, 5.41) is 0. The number of rotatable bonds is 2. The topological polar surface area (TPSA) is 26.0 Å². The molecule has 1 aromatic carbocycles. The molecule has 1 rings (SSSR count). The van der Waals surface area contributed by atoms with Gasteiger partial charge in [-0.2, -0.15) is 0 Å². The minimum Gasteiger partial charge on any atom is -0.398 e. The molecule has 2 N–H and O–H groups in total. The normalized spacial score (nSPS) is 11.4. The molecule has 0 aromatic heterocycles. The van der Waals surface area contributed by atoms with Crippen molar-refractivity contribution in [2.75, 3.05) is 5.73 Å². The molecular weight excluding hydrogens is 285 g/mol. The van der Waals surface area contributed by atoms with E-state index in [-0.39, 0.29) is 0 Å². The summed E-state index contributed by atoms with van der Waals surface area (Å²) in [5.41, 5.74) is 9.69. The average Bonchev–Trinajstić information content (AvgIpc) is 2.07. The Balaban J connectivity index is 3.32. The zero-order chi connectivity index (χ0) is 10.9. The van der Waals surface area contributed by atoms with Gasteiger partial charge in [-0.1, -0.05) is 27.7 Å². The lowest BCUT2D eigenvalue weighted by Gasteiger charge is -2.16. The van der Waals surface area contributed by atoms with Crippen LogP contribution in [0.5, 0.6) is 0 Å². The van der Waals surface area contributed by atoms with E-state index < -0.39 is 0 Å². The Kier molecular flexibility index (Phi) is 3.81. The maximum absolute atomic E-state index is 6.15. The van der Waals surface area contributed by atoms with Gasteiger partial charge in [0.1, 0.15) is 0 Å². The summed E-state index contributed by atoms with van der Waals surface area (Å²) >= 11 is 2.36. The molecule has 0 radical (unpaired) electrons. The van der Waals surface area contributed by atoms with Gasteiger partial charge in [0.2, 0.25) is 0 Å². The van der Waals surface area contributed by atoms with Gasteiger partial charge in [-0.25, -0.2) is 0 Å². The van der Waals surface area contributed by atoms with Crippen molar-refractivity contribution < 1.29 is 0 Å². The Hall–Kier alpha value is -0.250. The second-order valence-electron chi connectivity index (χ2n) is 4.31. The Labute approximate surface area is 100 Å². The summed E-state index contributed by atoms with van der Waals surface area (Å²) in [7, 11) is 0. The summed E-state index contributed by atoms with van der Waals surface area (Å²) in [6.45, 7) is 8.75. The average molecular weight is 303 g/mol. The van der Waals surface area contributed by atoms with Gasteiger partial charge in [-0.05, 0) is 57.7 Å². The van der Waals surface area contributed by atoms with Crippen molar-refractivity contribution in [3.8, 4) is 0 Å². The maximum atomic E-state index is 6.15. The van der Waals surface area contributed by atoms with Gasteiger partial charge in [0.15, 0.2) is 0 Å². The predicted molar refractivity (Wildman–Crippen MR) is 71.7 cm³/mol. The van der Waals surface area contributed by atoms with E-state index >= 15 is 0 Å². The highest BCUT2D eigenvalue weighted by molar-refractivity contribution is 14.1. The third-order valence-corrected chi connectivity index (χ3v) is 3.08. The first-order chi connectivity index (χ1) is 6.43. The number of nitrogens with two attached hydrogens (primary N) is 1. The molecule has 0 aliphatic heterocycles. The number of hydrogen-bond donors (Lipinski definition) is 1. The number of anilines is 1. The zero-order valence-corrected chi connectivity index (χ0v) is 11.4. The van der Waals surface area contributed by atoms with Crippen LogP contribution >= 0.6 is 22.6 Å². The van der Waals surface area contributed by atoms with Crippen LogP contribution in [0.25, 0.3) is 0 Å². The summed E-state index contributed by atoms with van der Waals surface area (Å²) in [5.74, 6) is 1.00. The molecule has 0 aliphatic carbocycles. The van der Waals surface area contributed by atoms with Crippen molar-refractivity contribution >= 4 is 28.3 Å². The van der Waals surface area contributed by atoms with Crippen molar-refractivity contribution in [3.63, 3.8) is 0 Å². The van der Waals surface area contributed by atoms with Gasteiger partial charge in [-0.15, -0.1) is 0 Å². The second kappa shape index (κ2) is 4.51. The van der Waals surface area contributed by atoms with Crippen molar-refractivity contribution in [2.24, 2.45) is 0 Å². The van der Waals surface area contributed by atoms with Crippen LogP contribution in [0.1, 0.15) is 50.7 Å². The maximum Gasteiger partial charge on any atom is 0.0385 e. The van der Waals surface area contributed by atoms with Crippen LogP contribution in [-0.4, -0.2) is 0 Å². The lowest BCUT2D eigenvalue weighted by atomic mass is 9.93. The van der Waals surface area contributed by atoms with E-state index in [1.54, 1.807) is 0 Å². The fourth-order valence-corrected chi connectivity index (χ4v) is 2.29. The van der Waals surface area contributed by atoms with E-state index in [0.717, 1.165) is 5.69 Å². The highest BCUT2D eigenvalue weighted by atomic mass is 127. The molecule has 0 heterocycles. The van der Waals surface area contributed by atoms with Gasteiger partial charge in [0.05, 0.1) is 0 Å². The standard InChI is InChI=1S/C12H18IN/c1-7(2)10-5-9(13)6-11(8(3)4)12(10)14/h5-8H,14H2,1-4H3. The molecule has 1 aromatic rings. The van der Waals surface area contributed by atoms with Gasteiger partial charge in [0, 0.05) is 9.26 Å². The van der Waals surface area contributed by atoms with E-state index in [0.29, 0.717) is 11.8 Å². The van der Waals surface area contributed by atoms with Gasteiger partial charge >= 0.3 is 0 Å². The second-order valence-corrected chi connectivity index (χ2v) is 5.55. The van der Waals surface area contributed by atoms with Crippen LogP contribution in [0.3, 0.4) is 0 Å². The van der Waals surface area contributed by atoms with Crippen molar-refractivity contribution in [3.05, 3.63) is 26.8 Å². The van der Waals surface area contributed by atoms with Crippen molar-refractivity contribution in [1.29, 1.82) is 0 Å². The molecule has 0 fully saturated rings. The Morgan fingerprint density at radius 1 is 1.00 bits per heavy atom. The van der Waals surface area contributed by atoms with Gasteiger partial charge in [-0.3, -0.25) is 0 Å². The molecule has 0 spiro atoms. The summed E-state index contributed by atoms with van der Waals surface area (Å²) in [6.07, 6.45) is 0. The third kappa shape index (κ3) is 2.41. The molecule has 0 bridgehead atoms. The fraction of sp³-hybridized carbons (Fsp3) is 0.500. The van der Waals surface area contributed by atoms with Gasteiger partial charge in [0.25, 0.3) is 0 Å². The van der Waals surface area contributed by atoms with Crippen LogP contribution < -0.4 is 5.73 Å². The number of nitrogen functional groups attached to an aromatic ring is 1. The third-order valence-electron chi connectivity index (χ3n) is 2.45. The molecule has 0 atom stereocenters. The van der Waals surface area contributed by atoms with E-state index in [2.05, 4.69) is 62.4 Å². The van der Waals surface area contributed by atoms with E-state index in [4.69, 9.17) is 5.73 Å². The van der Waals surface area contributed by atoms with Crippen molar-refractivity contribution in [2.45, 2.75) is 39.5 Å². The first-order valence-corrected chi connectivity index (χ1v) is 6.10. The lowest BCUT2D eigenvalue weighted by molar-refractivity contribution is 0.838. The number of benzene rings is 1. The first kappa shape index (κ1) is 11.8. The number of hydrogen-bond acceptors (Lipinski definition) is 1. The van der Waals surface area contributed by atoms with Crippen LogP contribution in [0.2, 0.25) is 0 Å². The SMILES string of the molecule is CC(C)c1cc(I)cc(C(C)C)c1N. The van der Waals surface area contributed by atoms with E-state index in [1.807, 2.05) is 0 Å².